The average molecular weight is 490 g/mol. The molecule has 2 aromatic carbocycles. The number of carbonyl (C=O) groups excluding carboxylic acids is 1. The van der Waals surface area contributed by atoms with Crippen molar-refractivity contribution >= 4 is 23.4 Å². The summed E-state index contributed by atoms with van der Waals surface area (Å²) in [5, 5.41) is 6.22. The van der Waals surface area contributed by atoms with Crippen LogP contribution in [-0.4, -0.2) is 43.7 Å². The summed E-state index contributed by atoms with van der Waals surface area (Å²) in [6, 6.07) is 13.5. The number of anilines is 3. The Kier molecular flexibility index (Phi) is 7.89. The number of nitrogens with one attached hydrogen (secondary N) is 2. The van der Waals surface area contributed by atoms with Gasteiger partial charge < -0.3 is 29.7 Å². The fourth-order valence-electron chi connectivity index (χ4n) is 3.96. The molecule has 36 heavy (non-hydrogen) atoms. The molecule has 9 nitrogen and oxygen atoms in total. The van der Waals surface area contributed by atoms with Gasteiger partial charge in [-0.3, -0.25) is 4.79 Å². The van der Waals surface area contributed by atoms with Gasteiger partial charge in [0.1, 0.15) is 5.82 Å². The van der Waals surface area contributed by atoms with Crippen molar-refractivity contribution in [3.8, 4) is 17.2 Å². The predicted molar refractivity (Wildman–Crippen MR) is 139 cm³/mol. The van der Waals surface area contributed by atoms with E-state index in [2.05, 4.69) is 20.6 Å². The number of nitrogens with zero attached hydrogens (tertiary/aromatic N) is 3. The number of hydrogen-bond acceptors (Lipinski definition) is 8. The van der Waals surface area contributed by atoms with Crippen molar-refractivity contribution in [3.05, 3.63) is 71.6 Å². The molecule has 3 aromatic rings. The first kappa shape index (κ1) is 24.8. The lowest BCUT2D eigenvalue weighted by Gasteiger charge is -2.25. The lowest BCUT2D eigenvalue weighted by Crippen LogP contribution is -2.31. The molecular weight excluding hydrogens is 458 g/mol. The molecule has 0 fully saturated rings. The van der Waals surface area contributed by atoms with Crippen LogP contribution in [0.5, 0.6) is 17.2 Å². The zero-order valence-corrected chi connectivity index (χ0v) is 21.0. The maximum absolute atomic E-state index is 12.8. The molecule has 1 aliphatic rings. The van der Waals surface area contributed by atoms with Crippen LogP contribution in [-0.2, 0) is 11.3 Å². The second kappa shape index (κ2) is 11.4. The van der Waals surface area contributed by atoms with E-state index in [0.29, 0.717) is 41.2 Å². The third-order valence-electron chi connectivity index (χ3n) is 5.88. The Morgan fingerprint density at radius 2 is 1.75 bits per heavy atom. The highest BCUT2D eigenvalue weighted by atomic mass is 16.5. The highest BCUT2D eigenvalue weighted by molar-refractivity contribution is 5.94. The number of benzene rings is 2. The van der Waals surface area contributed by atoms with E-state index >= 15 is 0 Å². The molecule has 0 atom stereocenters. The van der Waals surface area contributed by atoms with Crippen LogP contribution < -0.4 is 29.7 Å². The molecule has 0 saturated heterocycles. The Bertz CT molecular complexity index is 1220. The predicted octanol–water partition coefficient (Wildman–Crippen LogP) is 4.35. The summed E-state index contributed by atoms with van der Waals surface area (Å²) < 4.78 is 16.2. The smallest absolute Gasteiger partial charge is 0.248 e. The van der Waals surface area contributed by atoms with E-state index in [1.54, 1.807) is 39.7 Å². The van der Waals surface area contributed by atoms with Gasteiger partial charge in [-0.05, 0) is 31.4 Å². The Balaban J connectivity index is 1.47. The first-order valence-corrected chi connectivity index (χ1v) is 11.7. The molecule has 0 saturated carbocycles. The standard InChI is InChI=1S/C27H31N5O4/c1-18-7-9-19(10-8-18)16-29-26(33)20-6-5-13-32(17-20)24-11-12-28-27(31-24)30-21-14-22(34-2)25(36-4)23(15-21)35-3/h7-12,14-15,17H,5-6,13,16H2,1-4H3,(H,29,33)(H,28,30,31). The van der Waals surface area contributed by atoms with Crippen molar-refractivity contribution in [2.45, 2.75) is 26.3 Å². The van der Waals surface area contributed by atoms with Gasteiger partial charge in [0, 0.05) is 48.9 Å². The van der Waals surface area contributed by atoms with Crippen molar-refractivity contribution in [3.63, 3.8) is 0 Å². The second-order valence-electron chi connectivity index (χ2n) is 8.40. The highest BCUT2D eigenvalue weighted by Gasteiger charge is 2.19. The van der Waals surface area contributed by atoms with Gasteiger partial charge in [-0.1, -0.05) is 29.8 Å². The summed E-state index contributed by atoms with van der Waals surface area (Å²) in [5.74, 6) is 2.60. The summed E-state index contributed by atoms with van der Waals surface area (Å²) in [4.78, 5) is 23.8. The number of amides is 1. The van der Waals surface area contributed by atoms with Crippen LogP contribution in [0.1, 0.15) is 24.0 Å². The molecule has 0 unspecified atom stereocenters. The molecule has 4 rings (SSSR count). The molecule has 0 spiro atoms. The van der Waals surface area contributed by atoms with E-state index in [-0.39, 0.29) is 5.91 Å². The number of hydrogen-bond donors (Lipinski definition) is 2. The minimum atomic E-state index is -0.0647. The maximum Gasteiger partial charge on any atom is 0.248 e. The monoisotopic (exact) mass is 489 g/mol. The molecule has 0 aliphatic carbocycles. The number of aryl methyl sites for hydroxylation is 1. The van der Waals surface area contributed by atoms with E-state index < -0.39 is 0 Å². The molecule has 0 bridgehead atoms. The molecular formula is C27H31N5O4. The van der Waals surface area contributed by atoms with E-state index in [4.69, 9.17) is 14.2 Å². The van der Waals surface area contributed by atoms with Crippen molar-refractivity contribution in [1.29, 1.82) is 0 Å². The maximum atomic E-state index is 12.8. The van der Waals surface area contributed by atoms with Crippen LogP contribution in [0.2, 0.25) is 0 Å². The Hall–Kier alpha value is -4.27. The summed E-state index contributed by atoms with van der Waals surface area (Å²) in [6.07, 6.45) is 5.13. The average Bonchev–Trinajstić information content (AvgIpc) is 2.92. The van der Waals surface area contributed by atoms with Gasteiger partial charge in [0.05, 0.1) is 21.3 Å². The van der Waals surface area contributed by atoms with E-state index in [0.717, 1.165) is 30.5 Å². The van der Waals surface area contributed by atoms with Gasteiger partial charge in [0.25, 0.3) is 0 Å². The summed E-state index contributed by atoms with van der Waals surface area (Å²) >= 11 is 0. The fraction of sp³-hybridized carbons (Fsp3) is 0.296. The quantitative estimate of drug-likeness (QED) is 0.458. The first-order valence-electron chi connectivity index (χ1n) is 11.7. The van der Waals surface area contributed by atoms with Gasteiger partial charge in [0.15, 0.2) is 11.5 Å². The minimum Gasteiger partial charge on any atom is -0.493 e. The Morgan fingerprint density at radius 1 is 1.03 bits per heavy atom. The van der Waals surface area contributed by atoms with Gasteiger partial charge >= 0.3 is 0 Å². The third kappa shape index (κ3) is 5.86. The van der Waals surface area contributed by atoms with Crippen molar-refractivity contribution in [1.82, 2.24) is 15.3 Å². The number of methoxy groups -OCH3 is 3. The molecule has 1 amide bonds. The zero-order chi connectivity index (χ0) is 25.5. The van der Waals surface area contributed by atoms with Crippen molar-refractivity contribution in [2.75, 3.05) is 38.1 Å². The number of aromatic nitrogens is 2. The van der Waals surface area contributed by atoms with E-state index in [1.807, 2.05) is 48.4 Å². The molecule has 2 N–H and O–H groups in total. The Labute approximate surface area is 211 Å². The number of carbonyl (C=O) groups is 1. The SMILES string of the molecule is COc1cc(Nc2nccc(N3C=C(C(=O)NCc4ccc(C)cc4)CCC3)n2)cc(OC)c1OC. The summed E-state index contributed by atoms with van der Waals surface area (Å²) in [5.41, 5.74) is 3.68. The minimum absolute atomic E-state index is 0.0647. The van der Waals surface area contributed by atoms with E-state index in [1.165, 1.54) is 5.56 Å². The fourth-order valence-corrected chi connectivity index (χ4v) is 3.96. The van der Waals surface area contributed by atoms with Gasteiger partial charge in [-0.2, -0.15) is 4.98 Å². The second-order valence-corrected chi connectivity index (χ2v) is 8.40. The normalized spacial score (nSPS) is 13.0. The van der Waals surface area contributed by atoms with Crippen LogP contribution in [0.3, 0.4) is 0 Å². The topological polar surface area (TPSA) is 97.8 Å². The van der Waals surface area contributed by atoms with E-state index in [9.17, 15) is 4.79 Å². The Morgan fingerprint density at radius 3 is 2.42 bits per heavy atom. The molecule has 1 aromatic heterocycles. The molecule has 2 heterocycles. The number of rotatable bonds is 9. The van der Waals surface area contributed by atoms with Crippen molar-refractivity contribution < 1.29 is 19.0 Å². The lowest BCUT2D eigenvalue weighted by molar-refractivity contribution is -0.117. The third-order valence-corrected chi connectivity index (χ3v) is 5.88. The van der Waals surface area contributed by atoms with Gasteiger partial charge in [0.2, 0.25) is 17.6 Å². The van der Waals surface area contributed by atoms with Crippen LogP contribution in [0.25, 0.3) is 0 Å². The highest BCUT2D eigenvalue weighted by Crippen LogP contribution is 2.40. The van der Waals surface area contributed by atoms with Crippen LogP contribution in [0, 0.1) is 6.92 Å². The van der Waals surface area contributed by atoms with Gasteiger partial charge in [-0.25, -0.2) is 4.98 Å². The van der Waals surface area contributed by atoms with Crippen LogP contribution in [0.15, 0.2) is 60.4 Å². The van der Waals surface area contributed by atoms with Gasteiger partial charge in [-0.15, -0.1) is 0 Å². The molecule has 0 radical (unpaired) electrons. The largest absolute Gasteiger partial charge is 0.493 e. The number of ether oxygens (including phenoxy) is 3. The van der Waals surface area contributed by atoms with Crippen LogP contribution >= 0.6 is 0 Å². The zero-order valence-electron chi connectivity index (χ0n) is 21.0. The molecule has 1 aliphatic heterocycles. The lowest BCUT2D eigenvalue weighted by atomic mass is 10.1. The summed E-state index contributed by atoms with van der Waals surface area (Å²) in [7, 11) is 4.69. The van der Waals surface area contributed by atoms with Crippen LogP contribution in [0.4, 0.5) is 17.5 Å². The summed E-state index contributed by atoms with van der Waals surface area (Å²) in [6.45, 7) is 3.30. The van der Waals surface area contributed by atoms with Crippen molar-refractivity contribution in [2.24, 2.45) is 0 Å². The molecule has 188 valence electrons. The first-order chi connectivity index (χ1) is 17.5. The molecule has 9 heteroatoms.